The Labute approximate surface area is 81.8 Å². The van der Waals surface area contributed by atoms with Crippen LogP contribution in [-0.4, -0.2) is 32.5 Å². The molecule has 0 saturated heterocycles. The molecule has 0 saturated carbocycles. The van der Waals surface area contributed by atoms with Crippen molar-refractivity contribution < 1.29 is 17.9 Å². The molecule has 82 valence electrons. The summed E-state index contributed by atoms with van der Waals surface area (Å²) in [6, 6.07) is -0.117. The van der Waals surface area contributed by atoms with Crippen LogP contribution in [0.3, 0.4) is 0 Å². The van der Waals surface area contributed by atoms with E-state index in [-0.39, 0.29) is 12.6 Å². The SMILES string of the molecule is C#CCCC(COCC(F)(F)F)NC. The summed E-state index contributed by atoms with van der Waals surface area (Å²) in [5.74, 6) is 2.42. The van der Waals surface area contributed by atoms with Crippen molar-refractivity contribution >= 4 is 0 Å². The summed E-state index contributed by atoms with van der Waals surface area (Å²) in [6.45, 7) is -1.18. The monoisotopic (exact) mass is 209 g/mol. The molecule has 0 aliphatic carbocycles. The summed E-state index contributed by atoms with van der Waals surface area (Å²) in [5, 5.41) is 2.84. The first kappa shape index (κ1) is 13.3. The Hall–Kier alpha value is -0.730. The van der Waals surface area contributed by atoms with E-state index in [2.05, 4.69) is 16.0 Å². The van der Waals surface area contributed by atoms with E-state index in [0.717, 1.165) is 0 Å². The highest BCUT2D eigenvalue weighted by molar-refractivity contribution is 4.85. The van der Waals surface area contributed by atoms with E-state index in [1.54, 1.807) is 7.05 Å². The van der Waals surface area contributed by atoms with Gasteiger partial charge in [-0.05, 0) is 13.5 Å². The van der Waals surface area contributed by atoms with E-state index < -0.39 is 12.8 Å². The molecule has 0 fully saturated rings. The standard InChI is InChI=1S/C9H14F3NO/c1-3-4-5-8(13-2)6-14-7-9(10,11)12/h1,8,13H,4-7H2,2H3. The topological polar surface area (TPSA) is 21.3 Å². The summed E-state index contributed by atoms with van der Waals surface area (Å²) in [4.78, 5) is 0. The molecule has 0 aromatic rings. The van der Waals surface area contributed by atoms with E-state index in [1.165, 1.54) is 0 Å². The van der Waals surface area contributed by atoms with Crippen LogP contribution >= 0.6 is 0 Å². The van der Waals surface area contributed by atoms with Crippen LogP contribution in [0.4, 0.5) is 13.2 Å². The smallest absolute Gasteiger partial charge is 0.370 e. The van der Waals surface area contributed by atoms with E-state index in [1.807, 2.05) is 0 Å². The molecule has 0 aromatic heterocycles. The first-order chi connectivity index (χ1) is 6.49. The van der Waals surface area contributed by atoms with Crippen molar-refractivity contribution in [3.63, 3.8) is 0 Å². The largest absolute Gasteiger partial charge is 0.411 e. The third-order valence-corrected chi connectivity index (χ3v) is 1.63. The average molecular weight is 209 g/mol. The molecule has 0 rings (SSSR count). The van der Waals surface area contributed by atoms with Crippen LogP contribution in [-0.2, 0) is 4.74 Å². The van der Waals surface area contributed by atoms with Crippen LogP contribution in [0.5, 0.6) is 0 Å². The second-order valence-corrected chi connectivity index (χ2v) is 2.86. The number of likely N-dealkylation sites (N-methyl/N-ethyl adjacent to an activating group) is 1. The normalized spacial score (nSPS) is 13.6. The van der Waals surface area contributed by atoms with Gasteiger partial charge in [-0.3, -0.25) is 0 Å². The lowest BCUT2D eigenvalue weighted by atomic mass is 10.2. The second kappa shape index (κ2) is 6.68. The van der Waals surface area contributed by atoms with E-state index >= 15 is 0 Å². The van der Waals surface area contributed by atoms with Crippen LogP contribution in [0.2, 0.25) is 0 Å². The fourth-order valence-electron chi connectivity index (χ4n) is 0.885. The lowest BCUT2D eigenvalue weighted by molar-refractivity contribution is -0.175. The van der Waals surface area contributed by atoms with Crippen molar-refractivity contribution in [1.82, 2.24) is 5.32 Å². The van der Waals surface area contributed by atoms with Gasteiger partial charge < -0.3 is 10.1 Å². The van der Waals surface area contributed by atoms with Gasteiger partial charge in [-0.1, -0.05) is 0 Å². The zero-order valence-electron chi connectivity index (χ0n) is 8.03. The van der Waals surface area contributed by atoms with Gasteiger partial charge in [0.05, 0.1) is 6.61 Å². The van der Waals surface area contributed by atoms with Crippen molar-refractivity contribution in [2.45, 2.75) is 25.1 Å². The quantitative estimate of drug-likeness (QED) is 0.670. The number of nitrogens with one attached hydrogen (secondary N) is 1. The average Bonchev–Trinajstić information content (AvgIpc) is 2.09. The van der Waals surface area contributed by atoms with Gasteiger partial charge in [-0.15, -0.1) is 12.3 Å². The molecule has 1 N–H and O–H groups in total. The molecule has 1 atom stereocenters. The number of halogens is 3. The number of hydrogen-bond acceptors (Lipinski definition) is 2. The number of hydrogen-bond donors (Lipinski definition) is 1. The predicted molar refractivity (Wildman–Crippen MR) is 47.8 cm³/mol. The molecule has 0 aliphatic rings. The summed E-state index contributed by atoms with van der Waals surface area (Å²) in [5.41, 5.74) is 0. The highest BCUT2D eigenvalue weighted by atomic mass is 19.4. The summed E-state index contributed by atoms with van der Waals surface area (Å²) in [7, 11) is 1.66. The van der Waals surface area contributed by atoms with Gasteiger partial charge in [0.1, 0.15) is 6.61 Å². The molecular weight excluding hydrogens is 195 g/mol. The Balaban J connectivity index is 3.58. The Bertz CT molecular complexity index is 185. The Kier molecular flexibility index (Phi) is 6.34. The fraction of sp³-hybridized carbons (Fsp3) is 0.778. The minimum absolute atomic E-state index is 0.0255. The van der Waals surface area contributed by atoms with Gasteiger partial charge >= 0.3 is 6.18 Å². The minimum Gasteiger partial charge on any atom is -0.370 e. The Morgan fingerprint density at radius 2 is 2.14 bits per heavy atom. The molecule has 0 heterocycles. The molecular formula is C9H14F3NO. The van der Waals surface area contributed by atoms with E-state index in [0.29, 0.717) is 12.8 Å². The first-order valence-corrected chi connectivity index (χ1v) is 4.25. The Morgan fingerprint density at radius 3 is 2.57 bits per heavy atom. The molecule has 0 radical (unpaired) electrons. The van der Waals surface area contributed by atoms with Gasteiger partial charge in [0, 0.05) is 12.5 Å². The molecule has 0 amide bonds. The number of alkyl halides is 3. The van der Waals surface area contributed by atoms with Crippen molar-refractivity contribution in [2.75, 3.05) is 20.3 Å². The minimum atomic E-state index is -4.26. The maximum absolute atomic E-state index is 11.7. The third kappa shape index (κ3) is 7.90. The molecule has 1 unspecified atom stereocenters. The lowest BCUT2D eigenvalue weighted by Crippen LogP contribution is -2.32. The van der Waals surface area contributed by atoms with Gasteiger partial charge in [-0.25, -0.2) is 0 Å². The van der Waals surface area contributed by atoms with Gasteiger partial charge in [0.2, 0.25) is 0 Å². The molecule has 2 nitrogen and oxygen atoms in total. The molecule has 5 heteroatoms. The Morgan fingerprint density at radius 1 is 1.50 bits per heavy atom. The number of terminal acetylenes is 1. The summed E-state index contributed by atoms with van der Waals surface area (Å²) >= 11 is 0. The number of rotatable bonds is 6. The highest BCUT2D eigenvalue weighted by Gasteiger charge is 2.27. The lowest BCUT2D eigenvalue weighted by Gasteiger charge is -2.15. The van der Waals surface area contributed by atoms with Gasteiger partial charge in [0.15, 0.2) is 0 Å². The fourth-order valence-corrected chi connectivity index (χ4v) is 0.885. The van der Waals surface area contributed by atoms with Crippen molar-refractivity contribution in [3.8, 4) is 12.3 Å². The van der Waals surface area contributed by atoms with Crippen LogP contribution in [0, 0.1) is 12.3 Å². The van der Waals surface area contributed by atoms with Crippen molar-refractivity contribution in [2.24, 2.45) is 0 Å². The highest BCUT2D eigenvalue weighted by Crippen LogP contribution is 2.14. The second-order valence-electron chi connectivity index (χ2n) is 2.86. The van der Waals surface area contributed by atoms with E-state index in [9.17, 15) is 13.2 Å². The van der Waals surface area contributed by atoms with Gasteiger partial charge in [-0.2, -0.15) is 13.2 Å². The maximum atomic E-state index is 11.7. The van der Waals surface area contributed by atoms with Crippen LogP contribution < -0.4 is 5.32 Å². The van der Waals surface area contributed by atoms with Gasteiger partial charge in [0.25, 0.3) is 0 Å². The zero-order valence-corrected chi connectivity index (χ0v) is 8.03. The summed E-state index contributed by atoms with van der Waals surface area (Å²) in [6.07, 6.45) is 1.92. The molecule has 0 aliphatic heterocycles. The third-order valence-electron chi connectivity index (χ3n) is 1.63. The first-order valence-electron chi connectivity index (χ1n) is 4.25. The maximum Gasteiger partial charge on any atom is 0.411 e. The molecule has 14 heavy (non-hydrogen) atoms. The van der Waals surface area contributed by atoms with Crippen molar-refractivity contribution in [3.05, 3.63) is 0 Å². The van der Waals surface area contributed by atoms with Crippen LogP contribution in [0.1, 0.15) is 12.8 Å². The van der Waals surface area contributed by atoms with Crippen LogP contribution in [0.25, 0.3) is 0 Å². The van der Waals surface area contributed by atoms with E-state index in [4.69, 9.17) is 6.42 Å². The molecule has 0 spiro atoms. The molecule has 0 aromatic carbocycles. The summed E-state index contributed by atoms with van der Waals surface area (Å²) < 4.78 is 39.5. The molecule has 0 bridgehead atoms. The van der Waals surface area contributed by atoms with Crippen molar-refractivity contribution in [1.29, 1.82) is 0 Å². The predicted octanol–water partition coefficient (Wildman–Crippen LogP) is 1.57. The number of ether oxygens (including phenoxy) is 1. The van der Waals surface area contributed by atoms with Crippen LogP contribution in [0.15, 0.2) is 0 Å². The zero-order chi connectivity index (χ0) is 11.0.